The van der Waals surface area contributed by atoms with Crippen molar-refractivity contribution >= 4 is 23.1 Å². The number of carbonyl (C=O) groups is 1. The van der Waals surface area contributed by atoms with Crippen LogP contribution in [0.25, 0.3) is 10.6 Å². The van der Waals surface area contributed by atoms with Crippen LogP contribution in [0.4, 0.5) is 10.5 Å². The van der Waals surface area contributed by atoms with Gasteiger partial charge in [-0.2, -0.15) is 0 Å². The van der Waals surface area contributed by atoms with E-state index in [2.05, 4.69) is 10.3 Å². The van der Waals surface area contributed by atoms with Gasteiger partial charge in [-0.25, -0.2) is 9.78 Å². The highest BCUT2D eigenvalue weighted by Gasteiger charge is 2.38. The molecule has 1 aromatic carbocycles. The second-order valence-corrected chi connectivity index (χ2v) is 7.66. The molecular weight excluding hydrogens is 322 g/mol. The van der Waals surface area contributed by atoms with Crippen molar-refractivity contribution in [2.75, 3.05) is 11.9 Å². The number of amides is 2. The Bertz CT molecular complexity index is 719. The number of urea groups is 1. The number of aromatic nitrogens is 1. The lowest BCUT2D eigenvalue weighted by atomic mass is 9.97. The summed E-state index contributed by atoms with van der Waals surface area (Å²) in [6.45, 7) is 6.17. The molecule has 0 aliphatic carbocycles. The van der Waals surface area contributed by atoms with Gasteiger partial charge in [0.15, 0.2) is 0 Å². The summed E-state index contributed by atoms with van der Waals surface area (Å²) in [4.78, 5) is 18.7. The standard InChI is InChI=1S/C18H23N3O2S/c1-12-11-24-16(19-12)13-6-8-14(9-7-13)20-17(22)21-10-4-5-15(21)18(2,3)23/h6-9,11,15,23H,4-5,10H2,1-3H3,(H,20,22). The summed E-state index contributed by atoms with van der Waals surface area (Å²) < 4.78 is 0. The zero-order valence-corrected chi connectivity index (χ0v) is 15.1. The second kappa shape index (κ2) is 6.53. The lowest BCUT2D eigenvalue weighted by molar-refractivity contribution is 0.0117. The van der Waals surface area contributed by atoms with E-state index in [1.807, 2.05) is 36.6 Å². The molecule has 5 nitrogen and oxygen atoms in total. The zero-order valence-electron chi connectivity index (χ0n) is 14.2. The molecule has 1 aromatic heterocycles. The predicted molar refractivity (Wildman–Crippen MR) is 97.3 cm³/mol. The molecule has 1 saturated heterocycles. The van der Waals surface area contributed by atoms with Crippen LogP contribution in [0.3, 0.4) is 0 Å². The van der Waals surface area contributed by atoms with E-state index in [4.69, 9.17) is 0 Å². The fourth-order valence-corrected chi connectivity index (χ4v) is 3.93. The normalized spacial score (nSPS) is 18.0. The molecule has 1 unspecified atom stereocenters. The Morgan fingerprint density at radius 2 is 2.08 bits per heavy atom. The molecule has 2 heterocycles. The van der Waals surface area contributed by atoms with E-state index in [1.165, 1.54) is 0 Å². The van der Waals surface area contributed by atoms with Crippen LogP contribution in [0.2, 0.25) is 0 Å². The number of likely N-dealkylation sites (tertiary alicyclic amines) is 1. The summed E-state index contributed by atoms with van der Waals surface area (Å²) in [5.41, 5.74) is 1.92. The zero-order chi connectivity index (χ0) is 17.3. The first kappa shape index (κ1) is 16.9. The van der Waals surface area contributed by atoms with Crippen LogP contribution < -0.4 is 5.32 Å². The van der Waals surface area contributed by atoms with E-state index < -0.39 is 5.60 Å². The van der Waals surface area contributed by atoms with Crippen molar-refractivity contribution in [2.45, 2.75) is 45.3 Å². The van der Waals surface area contributed by atoms with Crippen LogP contribution in [-0.2, 0) is 0 Å². The first-order chi connectivity index (χ1) is 11.3. The van der Waals surface area contributed by atoms with Crippen LogP contribution in [-0.4, -0.2) is 39.2 Å². The summed E-state index contributed by atoms with van der Waals surface area (Å²) >= 11 is 1.61. The summed E-state index contributed by atoms with van der Waals surface area (Å²) in [5.74, 6) is 0. The molecule has 0 spiro atoms. The number of nitrogens with one attached hydrogen (secondary N) is 1. The van der Waals surface area contributed by atoms with E-state index in [-0.39, 0.29) is 12.1 Å². The number of anilines is 1. The van der Waals surface area contributed by atoms with E-state index in [0.717, 1.165) is 34.8 Å². The third-order valence-corrected chi connectivity index (χ3v) is 5.34. The van der Waals surface area contributed by atoms with Gasteiger partial charge in [-0.3, -0.25) is 0 Å². The number of aryl methyl sites for hydroxylation is 1. The summed E-state index contributed by atoms with van der Waals surface area (Å²) in [6.07, 6.45) is 1.75. The highest BCUT2D eigenvalue weighted by atomic mass is 32.1. The average Bonchev–Trinajstić information content (AvgIpc) is 3.16. The van der Waals surface area contributed by atoms with Gasteiger partial charge < -0.3 is 15.3 Å². The Morgan fingerprint density at radius 1 is 1.38 bits per heavy atom. The predicted octanol–water partition coefficient (Wildman–Crippen LogP) is 3.89. The molecule has 1 aliphatic heterocycles. The Labute approximate surface area is 146 Å². The first-order valence-electron chi connectivity index (χ1n) is 8.17. The quantitative estimate of drug-likeness (QED) is 0.887. The van der Waals surface area contributed by atoms with Gasteiger partial charge >= 0.3 is 6.03 Å². The molecule has 0 bridgehead atoms. The molecular formula is C18H23N3O2S. The fraction of sp³-hybridized carbons (Fsp3) is 0.444. The Kier molecular flexibility index (Phi) is 4.60. The number of hydrogen-bond acceptors (Lipinski definition) is 4. The monoisotopic (exact) mass is 345 g/mol. The highest BCUT2D eigenvalue weighted by Crippen LogP contribution is 2.28. The van der Waals surface area contributed by atoms with Crippen LogP contribution in [0, 0.1) is 6.92 Å². The summed E-state index contributed by atoms with van der Waals surface area (Å²) in [6, 6.07) is 7.40. The number of nitrogens with zero attached hydrogens (tertiary/aromatic N) is 2. The third-order valence-electron chi connectivity index (χ3n) is 4.33. The number of aliphatic hydroxyl groups is 1. The smallest absolute Gasteiger partial charge is 0.322 e. The highest BCUT2D eigenvalue weighted by molar-refractivity contribution is 7.13. The molecule has 3 rings (SSSR count). The van der Waals surface area contributed by atoms with Crippen LogP contribution in [0.15, 0.2) is 29.6 Å². The average molecular weight is 345 g/mol. The lowest BCUT2D eigenvalue weighted by Gasteiger charge is -2.33. The van der Waals surface area contributed by atoms with Gasteiger partial charge in [0.25, 0.3) is 0 Å². The Hall–Kier alpha value is -1.92. The SMILES string of the molecule is Cc1csc(-c2ccc(NC(=O)N3CCCC3C(C)(C)O)cc2)n1. The molecule has 24 heavy (non-hydrogen) atoms. The maximum Gasteiger partial charge on any atom is 0.322 e. The number of carbonyl (C=O) groups excluding carboxylic acids is 1. The van der Waals surface area contributed by atoms with E-state index in [0.29, 0.717) is 6.54 Å². The fourth-order valence-electron chi connectivity index (χ4n) is 3.12. The summed E-state index contributed by atoms with van der Waals surface area (Å²) in [7, 11) is 0. The van der Waals surface area contributed by atoms with Gasteiger partial charge in [-0.15, -0.1) is 11.3 Å². The number of thiazole rings is 1. The number of rotatable bonds is 3. The van der Waals surface area contributed by atoms with Gasteiger partial charge in [-0.05, 0) is 57.9 Å². The van der Waals surface area contributed by atoms with Crippen LogP contribution in [0.5, 0.6) is 0 Å². The maximum absolute atomic E-state index is 12.5. The van der Waals surface area contributed by atoms with Crippen molar-refractivity contribution in [3.8, 4) is 10.6 Å². The Balaban J connectivity index is 1.68. The van der Waals surface area contributed by atoms with Gasteiger partial charge in [0.05, 0.1) is 11.6 Å². The van der Waals surface area contributed by atoms with Crippen molar-refractivity contribution in [1.29, 1.82) is 0 Å². The molecule has 0 radical (unpaired) electrons. The molecule has 128 valence electrons. The molecule has 1 fully saturated rings. The Morgan fingerprint density at radius 3 is 2.67 bits per heavy atom. The number of hydrogen-bond donors (Lipinski definition) is 2. The summed E-state index contributed by atoms with van der Waals surface area (Å²) in [5, 5.41) is 16.2. The number of benzene rings is 1. The largest absolute Gasteiger partial charge is 0.388 e. The lowest BCUT2D eigenvalue weighted by Crippen LogP contribution is -2.49. The minimum atomic E-state index is -0.888. The molecule has 1 atom stereocenters. The van der Waals surface area contributed by atoms with Crippen molar-refractivity contribution in [1.82, 2.24) is 9.88 Å². The molecule has 6 heteroatoms. The van der Waals surface area contributed by atoms with Gasteiger partial charge in [0, 0.05) is 28.9 Å². The van der Waals surface area contributed by atoms with Crippen molar-refractivity contribution in [3.05, 3.63) is 35.3 Å². The molecule has 1 aliphatic rings. The minimum Gasteiger partial charge on any atom is -0.388 e. The maximum atomic E-state index is 12.5. The molecule has 0 saturated carbocycles. The van der Waals surface area contributed by atoms with Crippen LogP contribution >= 0.6 is 11.3 Å². The third kappa shape index (κ3) is 3.60. The van der Waals surface area contributed by atoms with Gasteiger partial charge in [0.1, 0.15) is 5.01 Å². The van der Waals surface area contributed by atoms with Crippen molar-refractivity contribution < 1.29 is 9.90 Å². The van der Waals surface area contributed by atoms with Gasteiger partial charge in [-0.1, -0.05) is 0 Å². The van der Waals surface area contributed by atoms with E-state index in [1.54, 1.807) is 30.1 Å². The topological polar surface area (TPSA) is 65.5 Å². The van der Waals surface area contributed by atoms with Crippen LogP contribution in [0.1, 0.15) is 32.4 Å². The molecule has 2 N–H and O–H groups in total. The second-order valence-electron chi connectivity index (χ2n) is 6.81. The van der Waals surface area contributed by atoms with Crippen molar-refractivity contribution in [3.63, 3.8) is 0 Å². The van der Waals surface area contributed by atoms with E-state index >= 15 is 0 Å². The van der Waals surface area contributed by atoms with Gasteiger partial charge in [0.2, 0.25) is 0 Å². The molecule has 2 amide bonds. The first-order valence-corrected chi connectivity index (χ1v) is 9.05. The van der Waals surface area contributed by atoms with Crippen molar-refractivity contribution in [2.24, 2.45) is 0 Å². The van der Waals surface area contributed by atoms with E-state index in [9.17, 15) is 9.90 Å². The molecule has 2 aromatic rings. The minimum absolute atomic E-state index is 0.143.